The van der Waals surface area contributed by atoms with E-state index in [1.807, 2.05) is 6.92 Å². The summed E-state index contributed by atoms with van der Waals surface area (Å²) in [6.45, 7) is 18.9. The molecule has 13 heteroatoms. The van der Waals surface area contributed by atoms with Crippen molar-refractivity contribution >= 4 is 57.1 Å². The summed E-state index contributed by atoms with van der Waals surface area (Å²) in [5.74, 6) is -0.219. The Bertz CT molecular complexity index is 1780. The first-order chi connectivity index (χ1) is 24.3. The van der Waals surface area contributed by atoms with E-state index in [9.17, 15) is 19.2 Å². The minimum Gasteiger partial charge on any atom is -0.443 e. The van der Waals surface area contributed by atoms with Crippen LogP contribution in [-0.4, -0.2) is 81.7 Å². The van der Waals surface area contributed by atoms with Crippen LogP contribution in [0.15, 0.2) is 30.5 Å². The van der Waals surface area contributed by atoms with Crippen molar-refractivity contribution in [3.05, 3.63) is 46.6 Å². The Morgan fingerprint density at radius 2 is 1.63 bits per heavy atom. The smallest absolute Gasteiger partial charge is 0.425 e. The second-order valence-electron chi connectivity index (χ2n) is 16.4. The Morgan fingerprint density at radius 3 is 2.25 bits per heavy atom. The number of pyridine rings is 1. The number of rotatable bonds is 5. The lowest BCUT2D eigenvalue weighted by atomic mass is 9.87. The van der Waals surface area contributed by atoms with Crippen molar-refractivity contribution in [2.45, 2.75) is 111 Å². The van der Waals surface area contributed by atoms with Crippen LogP contribution >= 0.6 is 11.3 Å². The molecule has 0 bridgehead atoms. The third-order valence-electron chi connectivity index (χ3n) is 9.46. The molecule has 52 heavy (non-hydrogen) atoms. The number of carbonyl (C=O) groups is 4. The molecular formula is C39H54N6O6S. The van der Waals surface area contributed by atoms with E-state index in [2.05, 4.69) is 54.3 Å². The van der Waals surface area contributed by atoms with Gasteiger partial charge in [-0.25, -0.2) is 19.6 Å². The molecule has 2 aliphatic heterocycles. The standard InChI is InChI=1S/C39H54N6O6S/c1-11-25-18-27(20-40-32(25)45(36(48)50-38(4,5)6)37(49)51-39(7,8)9)41-33(46)35(47)44-21-23(2)12-14-30(44)26-13-15-31-29(19-26)42-34(52-31)28-16-17-43(10)22-24(28)3/h13,15,18-20,23-24,28,30H,11-12,14,16-17,21-22H2,1-10H3,(H,41,46)/t23-,24?,28?,30?/m0/s1. The highest BCUT2D eigenvalue weighted by Gasteiger charge is 2.37. The van der Waals surface area contributed by atoms with Crippen LogP contribution in [0.2, 0.25) is 0 Å². The van der Waals surface area contributed by atoms with Gasteiger partial charge in [0.05, 0.1) is 33.2 Å². The number of thiazole rings is 1. The number of aryl methyl sites for hydroxylation is 1. The summed E-state index contributed by atoms with van der Waals surface area (Å²) in [6.07, 6.45) is 2.54. The average Bonchev–Trinajstić information content (AvgIpc) is 3.46. The molecule has 5 rings (SSSR count). The number of benzene rings is 1. The second kappa shape index (κ2) is 15.5. The van der Waals surface area contributed by atoms with E-state index in [1.165, 1.54) is 11.2 Å². The number of carbonyl (C=O) groups excluding carboxylic acids is 4. The zero-order valence-electron chi connectivity index (χ0n) is 32.2. The summed E-state index contributed by atoms with van der Waals surface area (Å²) in [4.78, 5) is 68.3. The van der Waals surface area contributed by atoms with Gasteiger partial charge in [0.15, 0.2) is 5.82 Å². The molecule has 0 saturated carbocycles. The number of anilines is 2. The minimum atomic E-state index is -0.940. The largest absolute Gasteiger partial charge is 0.443 e. The number of amides is 4. The van der Waals surface area contributed by atoms with E-state index in [1.54, 1.807) is 63.8 Å². The molecule has 1 N–H and O–H groups in total. The lowest BCUT2D eigenvalue weighted by Crippen LogP contribution is -2.46. The van der Waals surface area contributed by atoms with E-state index < -0.39 is 35.2 Å². The van der Waals surface area contributed by atoms with Crippen LogP contribution in [-0.2, 0) is 25.5 Å². The summed E-state index contributed by atoms with van der Waals surface area (Å²) >= 11 is 1.76. The lowest BCUT2D eigenvalue weighted by Gasteiger charge is -2.38. The van der Waals surface area contributed by atoms with Gasteiger partial charge in [0, 0.05) is 19.0 Å². The van der Waals surface area contributed by atoms with Crippen LogP contribution in [0.5, 0.6) is 0 Å². The quantitative estimate of drug-likeness (QED) is 0.260. The molecule has 0 spiro atoms. The topological polar surface area (TPSA) is 134 Å². The van der Waals surface area contributed by atoms with E-state index >= 15 is 0 Å². The van der Waals surface area contributed by atoms with Crippen LogP contribution in [0.1, 0.15) is 110 Å². The number of piperidine rings is 2. The van der Waals surface area contributed by atoms with Crippen molar-refractivity contribution in [1.29, 1.82) is 0 Å². The molecule has 1 aromatic carbocycles. The Labute approximate surface area is 311 Å². The van der Waals surface area contributed by atoms with Gasteiger partial charge in [0.1, 0.15) is 11.2 Å². The molecule has 2 aromatic heterocycles. The average molecular weight is 735 g/mol. The number of imide groups is 1. The summed E-state index contributed by atoms with van der Waals surface area (Å²) in [6, 6.07) is 7.59. The monoisotopic (exact) mass is 734 g/mol. The lowest BCUT2D eigenvalue weighted by molar-refractivity contribution is -0.146. The van der Waals surface area contributed by atoms with Crippen molar-refractivity contribution < 1.29 is 28.7 Å². The third-order valence-corrected chi connectivity index (χ3v) is 10.6. The van der Waals surface area contributed by atoms with Crippen molar-refractivity contribution in [2.75, 3.05) is 36.9 Å². The fourth-order valence-electron chi connectivity index (χ4n) is 6.98. The van der Waals surface area contributed by atoms with Crippen LogP contribution in [0.4, 0.5) is 21.1 Å². The number of nitrogens with zero attached hydrogens (tertiary/aromatic N) is 5. The highest BCUT2D eigenvalue weighted by Crippen LogP contribution is 2.39. The molecule has 4 amide bonds. The molecule has 2 aliphatic rings. The highest BCUT2D eigenvalue weighted by atomic mass is 32.1. The van der Waals surface area contributed by atoms with Crippen LogP contribution < -0.4 is 10.2 Å². The molecule has 282 valence electrons. The number of likely N-dealkylation sites (tertiary alicyclic amines) is 2. The Hall–Kier alpha value is -4.10. The second-order valence-corrected chi connectivity index (χ2v) is 17.4. The van der Waals surface area contributed by atoms with Crippen molar-refractivity contribution in [2.24, 2.45) is 11.8 Å². The molecular weight excluding hydrogens is 681 g/mol. The molecule has 4 heterocycles. The van der Waals surface area contributed by atoms with E-state index in [-0.39, 0.29) is 23.5 Å². The molecule has 3 aromatic rings. The zero-order chi connectivity index (χ0) is 38.1. The molecule has 3 unspecified atom stereocenters. The number of aromatic nitrogens is 2. The zero-order valence-corrected chi connectivity index (χ0v) is 33.1. The first-order valence-electron chi connectivity index (χ1n) is 18.3. The summed E-state index contributed by atoms with van der Waals surface area (Å²) in [5.41, 5.74) is 0.858. The van der Waals surface area contributed by atoms with E-state index in [0.717, 1.165) is 53.0 Å². The van der Waals surface area contributed by atoms with Gasteiger partial charge < -0.3 is 24.6 Å². The third kappa shape index (κ3) is 9.27. The number of hydrogen-bond donors (Lipinski definition) is 1. The summed E-state index contributed by atoms with van der Waals surface area (Å²) < 4.78 is 12.2. The maximum absolute atomic E-state index is 13.9. The first kappa shape index (κ1) is 39.1. The SMILES string of the molecule is CCc1cc(NC(=O)C(=O)N2C[C@@H](C)CCC2c2ccc3sc(C4CCN(C)CC4C)nc3c2)cnc1N(C(=O)OC(C)(C)C)C(=O)OC(C)(C)C. The molecule has 0 aliphatic carbocycles. The molecule has 2 fully saturated rings. The Balaban J connectivity index is 1.36. The van der Waals surface area contributed by atoms with Crippen LogP contribution in [0, 0.1) is 11.8 Å². The van der Waals surface area contributed by atoms with Gasteiger partial charge in [-0.2, -0.15) is 4.90 Å². The van der Waals surface area contributed by atoms with E-state index in [0.29, 0.717) is 30.4 Å². The van der Waals surface area contributed by atoms with Gasteiger partial charge in [0.2, 0.25) is 0 Å². The maximum atomic E-state index is 13.9. The van der Waals surface area contributed by atoms with Crippen LogP contribution in [0.3, 0.4) is 0 Å². The fraction of sp³-hybridized carbons (Fsp3) is 0.590. The van der Waals surface area contributed by atoms with E-state index in [4.69, 9.17) is 14.5 Å². The van der Waals surface area contributed by atoms with Crippen molar-refractivity contribution in [3.63, 3.8) is 0 Å². The van der Waals surface area contributed by atoms with Gasteiger partial charge in [-0.15, -0.1) is 11.3 Å². The number of ether oxygens (including phenoxy) is 2. The van der Waals surface area contributed by atoms with Crippen molar-refractivity contribution in [3.8, 4) is 0 Å². The number of nitrogens with one attached hydrogen (secondary N) is 1. The predicted octanol–water partition coefficient (Wildman–Crippen LogP) is 7.92. The van der Waals surface area contributed by atoms with Crippen LogP contribution in [0.25, 0.3) is 10.2 Å². The summed E-state index contributed by atoms with van der Waals surface area (Å²) in [5, 5.41) is 3.89. The van der Waals surface area contributed by atoms with Gasteiger partial charge in [-0.05, 0) is 122 Å². The normalized spacial score (nSPS) is 21.5. The Morgan fingerprint density at radius 1 is 0.962 bits per heavy atom. The van der Waals surface area contributed by atoms with Gasteiger partial charge >= 0.3 is 24.0 Å². The minimum absolute atomic E-state index is 0.0196. The number of hydrogen-bond acceptors (Lipinski definition) is 10. The predicted molar refractivity (Wildman–Crippen MR) is 204 cm³/mol. The molecule has 4 atom stereocenters. The van der Waals surface area contributed by atoms with Gasteiger partial charge in [0.25, 0.3) is 0 Å². The molecule has 12 nitrogen and oxygen atoms in total. The highest BCUT2D eigenvalue weighted by molar-refractivity contribution is 7.18. The fourth-order valence-corrected chi connectivity index (χ4v) is 8.20. The summed E-state index contributed by atoms with van der Waals surface area (Å²) in [7, 11) is 2.17. The first-order valence-corrected chi connectivity index (χ1v) is 19.1. The molecule has 2 saturated heterocycles. The van der Waals surface area contributed by atoms with Gasteiger partial charge in [-0.1, -0.05) is 26.8 Å². The van der Waals surface area contributed by atoms with Gasteiger partial charge in [-0.3, -0.25) is 9.59 Å². The number of fused-ring (bicyclic) bond motifs is 1. The maximum Gasteiger partial charge on any atom is 0.425 e. The molecule has 0 radical (unpaired) electrons. The van der Waals surface area contributed by atoms with Crippen molar-refractivity contribution in [1.82, 2.24) is 19.8 Å². The Kier molecular flexibility index (Phi) is 11.6.